The summed E-state index contributed by atoms with van der Waals surface area (Å²) in [5, 5.41) is 2.55. The molecule has 11 heavy (non-hydrogen) atoms. The number of hydrogen-bond donors (Lipinski definition) is 1. The molecule has 1 aromatic heterocycles. The van der Waals surface area contributed by atoms with Crippen molar-refractivity contribution in [1.82, 2.24) is 4.98 Å². The lowest BCUT2D eigenvalue weighted by atomic mass is 10.4. The van der Waals surface area contributed by atoms with Crippen LogP contribution in [0.25, 0.3) is 0 Å². The topological polar surface area (TPSA) is 56.0 Å². The molecule has 0 aliphatic carbocycles. The molecule has 0 saturated carbocycles. The molecule has 0 fully saturated rings. The Morgan fingerprint density at radius 3 is 3.00 bits per heavy atom. The number of nitrogens with two attached hydrogens (primary N) is 1. The van der Waals surface area contributed by atoms with Gasteiger partial charge in [-0.25, -0.2) is 4.98 Å². The molecule has 0 spiro atoms. The van der Waals surface area contributed by atoms with Crippen molar-refractivity contribution in [1.29, 1.82) is 0 Å². The molecule has 2 N–H and O–H groups in total. The fourth-order valence-corrected chi connectivity index (χ4v) is 1.67. The summed E-state index contributed by atoms with van der Waals surface area (Å²) in [7, 11) is 0. The predicted octanol–water partition coefficient (Wildman–Crippen LogP) is 0.910. The zero-order valence-electron chi connectivity index (χ0n) is 5.71. The molecular formula is C6H7ClN2OS. The van der Waals surface area contributed by atoms with E-state index >= 15 is 0 Å². The van der Waals surface area contributed by atoms with Gasteiger partial charge in [0.15, 0.2) is 0 Å². The van der Waals surface area contributed by atoms with E-state index in [2.05, 4.69) is 4.98 Å². The van der Waals surface area contributed by atoms with Gasteiger partial charge in [0.2, 0.25) is 5.91 Å². The summed E-state index contributed by atoms with van der Waals surface area (Å²) in [6.45, 7) is 0. The molecule has 3 nitrogen and oxygen atoms in total. The lowest BCUT2D eigenvalue weighted by molar-refractivity contribution is -0.117. The van der Waals surface area contributed by atoms with E-state index in [0.29, 0.717) is 5.88 Å². The first-order valence-electron chi connectivity index (χ1n) is 3.00. The number of amides is 1. The van der Waals surface area contributed by atoms with Crippen molar-refractivity contribution in [3.05, 3.63) is 16.1 Å². The molecule has 1 rings (SSSR count). The fourth-order valence-electron chi connectivity index (χ4n) is 0.641. The number of hydrogen-bond acceptors (Lipinski definition) is 3. The molecule has 0 aromatic carbocycles. The fraction of sp³-hybridized carbons (Fsp3) is 0.333. The van der Waals surface area contributed by atoms with Crippen molar-refractivity contribution >= 4 is 28.8 Å². The van der Waals surface area contributed by atoms with Gasteiger partial charge in [0.25, 0.3) is 0 Å². The summed E-state index contributed by atoms with van der Waals surface area (Å²) in [5.74, 6) is 0.0235. The lowest BCUT2D eigenvalue weighted by Crippen LogP contribution is -2.13. The van der Waals surface area contributed by atoms with E-state index in [9.17, 15) is 4.79 Å². The van der Waals surface area contributed by atoms with E-state index in [0.717, 1.165) is 10.7 Å². The van der Waals surface area contributed by atoms with E-state index in [-0.39, 0.29) is 12.3 Å². The van der Waals surface area contributed by atoms with Crippen LogP contribution in [0.4, 0.5) is 0 Å². The van der Waals surface area contributed by atoms with Crippen LogP contribution in [0.15, 0.2) is 5.38 Å². The minimum atomic E-state index is -0.361. The van der Waals surface area contributed by atoms with E-state index in [1.165, 1.54) is 11.3 Å². The van der Waals surface area contributed by atoms with Gasteiger partial charge in [0, 0.05) is 5.38 Å². The highest BCUT2D eigenvalue weighted by Gasteiger charge is 2.03. The monoisotopic (exact) mass is 190 g/mol. The van der Waals surface area contributed by atoms with Crippen molar-refractivity contribution in [3.63, 3.8) is 0 Å². The molecule has 0 radical (unpaired) electrons. The first-order chi connectivity index (χ1) is 5.22. The third-order valence-corrected chi connectivity index (χ3v) is 2.23. The van der Waals surface area contributed by atoms with Crippen LogP contribution in [0.1, 0.15) is 10.7 Å². The zero-order chi connectivity index (χ0) is 8.27. The Hall–Kier alpha value is -0.610. The second-order valence-corrected chi connectivity index (χ2v) is 3.22. The minimum absolute atomic E-state index is 0.210. The van der Waals surface area contributed by atoms with Gasteiger partial charge in [0.05, 0.1) is 18.0 Å². The number of carbonyl (C=O) groups excluding carboxylic acids is 1. The van der Waals surface area contributed by atoms with Gasteiger partial charge in [-0.1, -0.05) is 0 Å². The van der Waals surface area contributed by atoms with Crippen molar-refractivity contribution in [2.75, 3.05) is 0 Å². The summed E-state index contributed by atoms with van der Waals surface area (Å²) >= 11 is 6.91. The molecule has 0 atom stereocenters. The van der Waals surface area contributed by atoms with Gasteiger partial charge in [-0.2, -0.15) is 0 Å². The second kappa shape index (κ2) is 3.69. The molecule has 1 amide bonds. The van der Waals surface area contributed by atoms with Crippen LogP contribution in [0.3, 0.4) is 0 Å². The number of alkyl halides is 1. The van der Waals surface area contributed by atoms with Crippen molar-refractivity contribution in [2.24, 2.45) is 5.73 Å². The van der Waals surface area contributed by atoms with Crippen molar-refractivity contribution in [2.45, 2.75) is 12.3 Å². The van der Waals surface area contributed by atoms with Crippen LogP contribution >= 0.6 is 22.9 Å². The maximum absolute atomic E-state index is 10.4. The second-order valence-electron chi connectivity index (χ2n) is 2.01. The highest BCUT2D eigenvalue weighted by molar-refractivity contribution is 7.09. The zero-order valence-corrected chi connectivity index (χ0v) is 7.28. The molecule has 1 heterocycles. The summed E-state index contributed by atoms with van der Waals surface area (Å²) in [4.78, 5) is 14.5. The standard InChI is InChI=1S/C6H7ClN2OS/c7-2-4-3-11-6(9-4)1-5(8)10/h3H,1-2H2,(H2,8,10). The maximum atomic E-state index is 10.4. The Labute approximate surface area is 73.2 Å². The van der Waals surface area contributed by atoms with Gasteiger partial charge in [0.1, 0.15) is 5.01 Å². The first kappa shape index (κ1) is 8.49. The number of nitrogens with zero attached hydrogens (tertiary/aromatic N) is 1. The van der Waals surface area contributed by atoms with Gasteiger partial charge in [-0.05, 0) is 0 Å². The first-order valence-corrected chi connectivity index (χ1v) is 4.41. The molecule has 0 saturated heterocycles. The number of rotatable bonds is 3. The van der Waals surface area contributed by atoms with E-state index < -0.39 is 0 Å². The van der Waals surface area contributed by atoms with Crippen LogP contribution in [-0.4, -0.2) is 10.9 Å². The Morgan fingerprint density at radius 1 is 1.82 bits per heavy atom. The SMILES string of the molecule is NC(=O)Cc1nc(CCl)cs1. The summed E-state index contributed by atoms with van der Waals surface area (Å²) in [6.07, 6.45) is 0.210. The van der Waals surface area contributed by atoms with Crippen LogP contribution in [0, 0.1) is 0 Å². The third kappa shape index (κ3) is 2.48. The molecule has 1 aromatic rings. The maximum Gasteiger partial charge on any atom is 0.224 e. The lowest BCUT2D eigenvalue weighted by Gasteiger charge is -1.87. The number of primary amides is 1. The average Bonchev–Trinajstić information content (AvgIpc) is 2.34. The molecule has 0 unspecified atom stereocenters. The van der Waals surface area contributed by atoms with E-state index in [1.54, 1.807) is 0 Å². The van der Waals surface area contributed by atoms with Gasteiger partial charge < -0.3 is 5.73 Å². The van der Waals surface area contributed by atoms with E-state index in [4.69, 9.17) is 17.3 Å². The van der Waals surface area contributed by atoms with Crippen LogP contribution < -0.4 is 5.73 Å². The molecule has 0 bridgehead atoms. The van der Waals surface area contributed by atoms with Crippen molar-refractivity contribution < 1.29 is 4.79 Å². The predicted molar refractivity (Wildman–Crippen MR) is 44.6 cm³/mol. The Balaban J connectivity index is 2.65. The van der Waals surface area contributed by atoms with Crippen LogP contribution in [-0.2, 0) is 17.1 Å². The summed E-state index contributed by atoms with van der Waals surface area (Å²) in [5.41, 5.74) is 5.77. The average molecular weight is 191 g/mol. The van der Waals surface area contributed by atoms with Gasteiger partial charge in [-0.3, -0.25) is 4.79 Å². The van der Waals surface area contributed by atoms with E-state index in [1.807, 2.05) is 5.38 Å². The van der Waals surface area contributed by atoms with Gasteiger partial charge in [-0.15, -0.1) is 22.9 Å². The Morgan fingerprint density at radius 2 is 2.55 bits per heavy atom. The molecule has 5 heteroatoms. The van der Waals surface area contributed by atoms with Crippen LogP contribution in [0.5, 0.6) is 0 Å². The largest absolute Gasteiger partial charge is 0.369 e. The molecule has 0 aliphatic rings. The number of thiazole rings is 1. The number of carbonyl (C=O) groups is 1. The van der Waals surface area contributed by atoms with Gasteiger partial charge >= 0.3 is 0 Å². The summed E-state index contributed by atoms with van der Waals surface area (Å²) < 4.78 is 0. The highest BCUT2D eigenvalue weighted by atomic mass is 35.5. The van der Waals surface area contributed by atoms with Crippen LogP contribution in [0.2, 0.25) is 0 Å². The Bertz CT molecular complexity index is 261. The summed E-state index contributed by atoms with van der Waals surface area (Å²) in [6, 6.07) is 0. The van der Waals surface area contributed by atoms with Crippen molar-refractivity contribution in [3.8, 4) is 0 Å². The number of aromatic nitrogens is 1. The Kier molecular flexibility index (Phi) is 2.84. The quantitative estimate of drug-likeness (QED) is 0.721. The normalized spacial score (nSPS) is 9.91. The minimum Gasteiger partial charge on any atom is -0.369 e. The smallest absolute Gasteiger partial charge is 0.224 e. The molecule has 0 aliphatic heterocycles. The molecule has 60 valence electrons. The third-order valence-electron chi connectivity index (χ3n) is 1.06. The molecular weight excluding hydrogens is 184 g/mol. The number of halogens is 1. The highest BCUT2D eigenvalue weighted by Crippen LogP contribution is 2.11.